The number of hydrogen-bond acceptors (Lipinski definition) is 2. The smallest absolute Gasteiger partial charge is 0.0459 e. The zero-order valence-electron chi connectivity index (χ0n) is 23.1. The van der Waals surface area contributed by atoms with Crippen molar-refractivity contribution >= 4 is 21.5 Å². The van der Waals surface area contributed by atoms with Crippen LogP contribution in [0.3, 0.4) is 0 Å². The van der Waals surface area contributed by atoms with E-state index in [1.807, 2.05) is 24.3 Å². The number of aromatic nitrogens is 2. The summed E-state index contributed by atoms with van der Waals surface area (Å²) in [4.78, 5) is 8.98. The van der Waals surface area contributed by atoms with Crippen LogP contribution >= 0.6 is 0 Å². The van der Waals surface area contributed by atoms with Gasteiger partial charge in [-0.1, -0.05) is 75.2 Å². The summed E-state index contributed by atoms with van der Waals surface area (Å²) in [7, 11) is 0. The molecule has 41 heavy (non-hydrogen) atoms. The molecule has 205 valence electrons. The SMILES string of the molecule is CC1(C)c2c([c-]ccc2F)-c2nccc3cccc1c23.CC1(C)c2c([c-]ccc2F)-c2nccc3cccc1c23.[Ir]. The second-order valence-corrected chi connectivity index (χ2v) is 11.5. The van der Waals surface area contributed by atoms with E-state index in [1.165, 1.54) is 12.1 Å². The van der Waals surface area contributed by atoms with Gasteiger partial charge >= 0.3 is 0 Å². The molecular weight excluding hydrogens is 691 g/mol. The Morgan fingerprint density at radius 1 is 0.585 bits per heavy atom. The third kappa shape index (κ3) is 3.90. The molecular formula is C36H26F2IrN2-2. The third-order valence-corrected chi connectivity index (χ3v) is 8.55. The van der Waals surface area contributed by atoms with Crippen molar-refractivity contribution < 1.29 is 28.9 Å². The van der Waals surface area contributed by atoms with Gasteiger partial charge < -0.3 is 9.97 Å². The molecule has 2 aliphatic rings. The van der Waals surface area contributed by atoms with E-state index in [-0.39, 0.29) is 42.6 Å². The van der Waals surface area contributed by atoms with E-state index in [0.717, 1.165) is 55.2 Å². The maximum Gasteiger partial charge on any atom is 0.0459 e. The van der Waals surface area contributed by atoms with Gasteiger partial charge in [-0.2, -0.15) is 0 Å². The van der Waals surface area contributed by atoms with Crippen molar-refractivity contribution in [3.05, 3.63) is 131 Å². The molecule has 0 N–H and O–H groups in total. The first-order valence-electron chi connectivity index (χ1n) is 13.4. The Kier molecular flexibility index (Phi) is 6.44. The van der Waals surface area contributed by atoms with Crippen LogP contribution in [0.4, 0.5) is 8.78 Å². The van der Waals surface area contributed by atoms with Crippen molar-refractivity contribution in [2.24, 2.45) is 0 Å². The average molecular weight is 717 g/mol. The number of rotatable bonds is 0. The molecule has 8 rings (SSSR count). The maximum atomic E-state index is 14.4. The van der Waals surface area contributed by atoms with E-state index in [9.17, 15) is 8.78 Å². The number of hydrogen-bond donors (Lipinski definition) is 0. The molecule has 0 bridgehead atoms. The fourth-order valence-corrected chi connectivity index (χ4v) is 6.69. The summed E-state index contributed by atoms with van der Waals surface area (Å²) in [6.07, 6.45) is 3.56. The van der Waals surface area contributed by atoms with Gasteiger partial charge in [0, 0.05) is 44.1 Å². The largest absolute Gasteiger partial charge is 0.304 e. The van der Waals surface area contributed by atoms with Gasteiger partial charge in [-0.05, 0) is 67.0 Å². The normalized spacial score (nSPS) is 14.8. The topological polar surface area (TPSA) is 25.8 Å². The Bertz CT molecular complexity index is 1840. The minimum Gasteiger partial charge on any atom is -0.304 e. The molecule has 0 spiro atoms. The summed E-state index contributed by atoms with van der Waals surface area (Å²) in [6, 6.07) is 29.0. The van der Waals surface area contributed by atoms with E-state index in [0.29, 0.717) is 11.1 Å². The van der Waals surface area contributed by atoms with E-state index in [4.69, 9.17) is 0 Å². The van der Waals surface area contributed by atoms with Gasteiger partial charge in [0.15, 0.2) is 0 Å². The van der Waals surface area contributed by atoms with Gasteiger partial charge in [0.25, 0.3) is 0 Å². The number of fused-ring (bicyclic) bond motifs is 4. The maximum absolute atomic E-state index is 14.4. The number of pyridine rings is 2. The van der Waals surface area contributed by atoms with Crippen LogP contribution in [0.25, 0.3) is 44.1 Å². The molecule has 2 aliphatic carbocycles. The van der Waals surface area contributed by atoms with E-state index >= 15 is 0 Å². The zero-order chi connectivity index (χ0) is 27.8. The van der Waals surface area contributed by atoms with Crippen molar-refractivity contribution in [2.45, 2.75) is 38.5 Å². The van der Waals surface area contributed by atoms with E-state index in [1.54, 1.807) is 24.5 Å². The van der Waals surface area contributed by atoms with Crippen molar-refractivity contribution in [2.75, 3.05) is 0 Å². The van der Waals surface area contributed by atoms with Crippen molar-refractivity contribution in [1.29, 1.82) is 0 Å². The second-order valence-electron chi connectivity index (χ2n) is 11.5. The first-order valence-corrected chi connectivity index (χ1v) is 13.4. The second kappa shape index (κ2) is 9.65. The van der Waals surface area contributed by atoms with Crippen LogP contribution in [0.5, 0.6) is 0 Å². The van der Waals surface area contributed by atoms with Crippen LogP contribution in [0.15, 0.2) is 85.2 Å². The molecule has 0 fully saturated rings. The van der Waals surface area contributed by atoms with E-state index < -0.39 is 0 Å². The first-order chi connectivity index (χ1) is 19.2. The molecule has 0 saturated heterocycles. The minimum absolute atomic E-state index is 0. The van der Waals surface area contributed by atoms with Crippen LogP contribution < -0.4 is 0 Å². The predicted molar refractivity (Wildman–Crippen MR) is 156 cm³/mol. The minimum atomic E-state index is -0.382. The quantitative estimate of drug-likeness (QED) is 0.147. The summed E-state index contributed by atoms with van der Waals surface area (Å²) >= 11 is 0. The Balaban J connectivity index is 0.000000144. The van der Waals surface area contributed by atoms with Gasteiger partial charge in [-0.15, -0.1) is 47.5 Å². The fraction of sp³-hybridized carbons (Fsp3) is 0.167. The van der Waals surface area contributed by atoms with Crippen LogP contribution in [0.1, 0.15) is 49.9 Å². The molecule has 1 radical (unpaired) electrons. The molecule has 5 heteroatoms. The Labute approximate surface area is 251 Å². The third-order valence-electron chi connectivity index (χ3n) is 8.55. The molecule has 0 amide bonds. The number of benzene rings is 4. The molecule has 0 saturated carbocycles. The number of nitrogens with zero attached hydrogens (tertiary/aromatic N) is 2. The first kappa shape index (κ1) is 27.4. The predicted octanol–water partition coefficient (Wildman–Crippen LogP) is 8.96. The molecule has 2 nitrogen and oxygen atoms in total. The summed E-state index contributed by atoms with van der Waals surface area (Å²) in [5, 5.41) is 4.52. The van der Waals surface area contributed by atoms with Crippen molar-refractivity contribution in [3.8, 4) is 22.5 Å². The van der Waals surface area contributed by atoms with Gasteiger partial charge in [-0.3, -0.25) is 0 Å². The summed E-state index contributed by atoms with van der Waals surface area (Å²) in [5.74, 6) is -0.367. The van der Waals surface area contributed by atoms with Crippen LogP contribution in [0, 0.1) is 23.8 Å². The fourth-order valence-electron chi connectivity index (χ4n) is 6.69. The van der Waals surface area contributed by atoms with Gasteiger partial charge in [0.1, 0.15) is 0 Å². The van der Waals surface area contributed by atoms with Crippen LogP contribution in [-0.2, 0) is 30.9 Å². The summed E-state index contributed by atoms with van der Waals surface area (Å²) in [6.45, 7) is 8.25. The molecule has 6 aromatic rings. The summed E-state index contributed by atoms with van der Waals surface area (Å²) < 4.78 is 28.8. The molecule has 2 heterocycles. The standard InChI is InChI=1S/2C18H13FN.Ir/c2*1-18(2)13-7-3-5-11-9-10-20-17(15(11)13)12-6-4-8-14(19)16(12)18;/h2*3-5,7-10H,1-2H3;/q2*-1;. The Hall–Kier alpha value is -3.79. The Morgan fingerprint density at radius 3 is 1.41 bits per heavy atom. The molecule has 0 aliphatic heterocycles. The van der Waals surface area contributed by atoms with Crippen molar-refractivity contribution in [3.63, 3.8) is 0 Å². The molecule has 0 unspecified atom stereocenters. The van der Waals surface area contributed by atoms with Gasteiger partial charge in [-0.25, -0.2) is 8.78 Å². The zero-order valence-corrected chi connectivity index (χ0v) is 25.5. The molecule has 4 aromatic carbocycles. The Morgan fingerprint density at radius 2 is 1.00 bits per heavy atom. The van der Waals surface area contributed by atoms with Crippen LogP contribution in [0.2, 0.25) is 0 Å². The van der Waals surface area contributed by atoms with Crippen LogP contribution in [-0.4, -0.2) is 9.97 Å². The molecule has 2 aromatic heterocycles. The molecule has 0 atom stereocenters. The monoisotopic (exact) mass is 717 g/mol. The average Bonchev–Trinajstić information content (AvgIpc) is 2.94. The van der Waals surface area contributed by atoms with Gasteiger partial charge in [0.05, 0.1) is 0 Å². The summed E-state index contributed by atoms with van der Waals surface area (Å²) in [5.41, 5.74) is 6.14. The number of halogens is 2. The van der Waals surface area contributed by atoms with Gasteiger partial charge in [0.2, 0.25) is 0 Å². The van der Waals surface area contributed by atoms with E-state index in [2.05, 4.69) is 74.1 Å². The van der Waals surface area contributed by atoms with Crippen molar-refractivity contribution in [1.82, 2.24) is 9.97 Å².